The molecule has 4 aliphatic rings. The fraction of sp³-hybridized carbons (Fsp3) is 0.0769. The van der Waals surface area contributed by atoms with Crippen LogP contribution in [0, 0.1) is 26.7 Å². The monoisotopic (exact) mass is 200 g/mol. The average Bonchev–Trinajstić information content (AvgIpc) is 2.24. The molecule has 4 aliphatic carbocycles. The van der Waals surface area contributed by atoms with Crippen molar-refractivity contribution in [3.05, 3.63) is 63.1 Å². The van der Waals surface area contributed by atoms with Crippen LogP contribution in [-0.4, -0.2) is 7.11 Å². The Morgan fingerprint density at radius 2 is 1.60 bits per heavy atom. The Hall–Kier alpha value is -1.83. The lowest BCUT2D eigenvalue weighted by atomic mass is 10.1. The second kappa shape index (κ2) is 2.83. The summed E-state index contributed by atoms with van der Waals surface area (Å²) < 4.78 is 18.9. The van der Waals surface area contributed by atoms with Gasteiger partial charge in [0, 0.05) is 10.4 Å². The first kappa shape index (κ1) is 8.48. The van der Waals surface area contributed by atoms with E-state index in [1.807, 2.05) is 24.3 Å². The van der Waals surface area contributed by atoms with E-state index in [9.17, 15) is 4.39 Å². The van der Waals surface area contributed by atoms with Gasteiger partial charge in [0.2, 0.25) is 0 Å². The molecule has 74 valence electrons. The van der Waals surface area contributed by atoms with Crippen molar-refractivity contribution in [1.82, 2.24) is 0 Å². The van der Waals surface area contributed by atoms with E-state index in [2.05, 4.69) is 0 Å². The molecule has 0 N–H and O–H groups in total. The summed E-state index contributed by atoms with van der Waals surface area (Å²) in [6.45, 7) is 0. The topological polar surface area (TPSA) is 9.23 Å². The summed E-state index contributed by atoms with van der Waals surface area (Å²) in [5.41, 5.74) is 0. The van der Waals surface area contributed by atoms with Gasteiger partial charge in [0.05, 0.1) is 7.11 Å². The quantitative estimate of drug-likeness (QED) is 0.587. The van der Waals surface area contributed by atoms with E-state index in [4.69, 9.17) is 4.74 Å². The molecule has 4 bridgehead atoms. The van der Waals surface area contributed by atoms with Gasteiger partial charge >= 0.3 is 0 Å². The van der Waals surface area contributed by atoms with Crippen LogP contribution in [0.15, 0.2) is 36.4 Å². The van der Waals surface area contributed by atoms with Gasteiger partial charge < -0.3 is 4.74 Å². The second-order valence-electron chi connectivity index (χ2n) is 3.61. The molecule has 2 heteroatoms. The highest BCUT2D eigenvalue weighted by Gasteiger charge is 2.03. The van der Waals surface area contributed by atoms with Crippen LogP contribution in [0.25, 0.3) is 0 Å². The summed E-state index contributed by atoms with van der Waals surface area (Å²) in [7, 11) is 1.61. The molecule has 0 spiro atoms. The van der Waals surface area contributed by atoms with Crippen molar-refractivity contribution in [1.29, 1.82) is 0 Å². The molecule has 0 amide bonds. The Bertz CT molecular complexity index is 719. The molecule has 2 aromatic carbocycles. The first-order valence-electron chi connectivity index (χ1n) is 4.78. The standard InChI is InChI=1S/C13H9FO/c1-15-13-7-9-3-5-11(13)10-4-2-8(9)6-12(10)14/h2-7H,1H3. The Labute approximate surface area is 85.7 Å². The van der Waals surface area contributed by atoms with E-state index >= 15 is 0 Å². The molecule has 0 saturated heterocycles. The molecule has 1 nitrogen and oxygen atoms in total. The van der Waals surface area contributed by atoms with E-state index < -0.39 is 0 Å². The van der Waals surface area contributed by atoms with Crippen LogP contribution in [-0.2, 0) is 0 Å². The predicted molar refractivity (Wildman–Crippen MR) is 54.7 cm³/mol. The molecular weight excluding hydrogens is 191 g/mol. The molecule has 2 aromatic rings. The minimum absolute atomic E-state index is 0.188. The van der Waals surface area contributed by atoms with Gasteiger partial charge in [0.15, 0.2) is 0 Å². The summed E-state index contributed by atoms with van der Waals surface area (Å²) in [5, 5.41) is 3.29. The van der Waals surface area contributed by atoms with E-state index in [0.717, 1.165) is 21.4 Å². The van der Waals surface area contributed by atoms with Gasteiger partial charge in [0.1, 0.15) is 11.6 Å². The third-order valence-electron chi connectivity index (χ3n) is 2.79. The Morgan fingerprint density at radius 3 is 2.27 bits per heavy atom. The largest absolute Gasteiger partial charge is 0.496 e. The summed E-state index contributed by atoms with van der Waals surface area (Å²) in [5.74, 6) is 0.541. The highest BCUT2D eigenvalue weighted by molar-refractivity contribution is 5.34. The molecule has 0 unspecified atom stereocenters. The van der Waals surface area contributed by atoms with Crippen LogP contribution >= 0.6 is 0 Å². The van der Waals surface area contributed by atoms with Crippen LogP contribution in [0.2, 0.25) is 0 Å². The van der Waals surface area contributed by atoms with Gasteiger partial charge in [-0.05, 0) is 28.6 Å². The molecule has 15 heavy (non-hydrogen) atoms. The molecule has 6 rings (SSSR count). The highest BCUT2D eigenvalue weighted by atomic mass is 19.1. The van der Waals surface area contributed by atoms with E-state index in [0.29, 0.717) is 5.22 Å². The van der Waals surface area contributed by atoms with Crippen molar-refractivity contribution in [3.63, 3.8) is 0 Å². The lowest BCUT2D eigenvalue weighted by molar-refractivity contribution is 0.411. The zero-order chi connectivity index (χ0) is 10.4. The minimum atomic E-state index is -0.188. The number of halogens is 1. The third kappa shape index (κ3) is 1.08. The van der Waals surface area contributed by atoms with Crippen LogP contribution in [0.4, 0.5) is 4.39 Å². The normalized spacial score (nSPS) is 11.3. The van der Waals surface area contributed by atoms with E-state index in [1.54, 1.807) is 19.2 Å². The summed E-state index contributed by atoms with van der Waals surface area (Å²) in [6.07, 6.45) is 0. The van der Waals surface area contributed by atoms with Crippen molar-refractivity contribution in [2.24, 2.45) is 0 Å². The van der Waals surface area contributed by atoms with Crippen molar-refractivity contribution >= 4 is 0 Å². The molecule has 0 fully saturated rings. The maximum absolute atomic E-state index is 13.7. The lowest BCUT2D eigenvalue weighted by Gasteiger charge is -2.05. The maximum atomic E-state index is 13.7. The van der Waals surface area contributed by atoms with E-state index in [-0.39, 0.29) is 5.82 Å². The molecule has 0 saturated carbocycles. The Kier molecular flexibility index (Phi) is 1.60. The lowest BCUT2D eigenvalue weighted by Crippen LogP contribution is -1.92. The fourth-order valence-electron chi connectivity index (χ4n) is 2.01. The Balaban J connectivity index is 2.80. The maximum Gasteiger partial charge on any atom is 0.131 e. The van der Waals surface area contributed by atoms with Crippen molar-refractivity contribution in [2.75, 3.05) is 7.11 Å². The molecule has 0 aromatic heterocycles. The zero-order valence-electron chi connectivity index (χ0n) is 8.25. The first-order chi connectivity index (χ1) is 7.29. The van der Waals surface area contributed by atoms with Crippen LogP contribution in [0.1, 0.15) is 0 Å². The molecule has 0 heterocycles. The SMILES string of the molecule is COc1cc2ccc1=c1ccc=2cc1F. The fourth-order valence-corrected chi connectivity index (χ4v) is 2.01. The van der Waals surface area contributed by atoms with Crippen LogP contribution in [0.5, 0.6) is 5.75 Å². The Morgan fingerprint density at radius 1 is 0.933 bits per heavy atom. The minimum Gasteiger partial charge on any atom is -0.496 e. The number of ether oxygens (including phenoxy) is 1. The number of rotatable bonds is 1. The second-order valence-corrected chi connectivity index (χ2v) is 3.61. The third-order valence-corrected chi connectivity index (χ3v) is 2.79. The van der Waals surface area contributed by atoms with Crippen molar-refractivity contribution in [2.45, 2.75) is 0 Å². The molecule has 0 aliphatic heterocycles. The summed E-state index contributed by atoms with van der Waals surface area (Å²) in [4.78, 5) is 0. The molecule has 0 atom stereocenters. The highest BCUT2D eigenvalue weighted by Crippen LogP contribution is 2.19. The van der Waals surface area contributed by atoms with Crippen LogP contribution in [0.3, 0.4) is 0 Å². The number of hydrogen-bond acceptors (Lipinski definition) is 1. The predicted octanol–water partition coefficient (Wildman–Crippen LogP) is 2.72. The van der Waals surface area contributed by atoms with E-state index in [1.165, 1.54) is 0 Å². The molecule has 0 radical (unpaired) electrons. The van der Waals surface area contributed by atoms with Gasteiger partial charge in [-0.25, -0.2) is 4.39 Å². The number of benzene rings is 2. The number of methoxy groups -OCH3 is 1. The smallest absolute Gasteiger partial charge is 0.131 e. The van der Waals surface area contributed by atoms with Gasteiger partial charge in [-0.2, -0.15) is 0 Å². The van der Waals surface area contributed by atoms with Gasteiger partial charge in [-0.3, -0.25) is 0 Å². The average molecular weight is 200 g/mol. The van der Waals surface area contributed by atoms with Gasteiger partial charge in [-0.1, -0.05) is 18.2 Å². The molecular formula is C13H9FO. The first-order valence-corrected chi connectivity index (χ1v) is 4.78. The van der Waals surface area contributed by atoms with Crippen LogP contribution < -0.4 is 4.74 Å². The zero-order valence-corrected chi connectivity index (χ0v) is 8.25. The van der Waals surface area contributed by atoms with Gasteiger partial charge in [0.25, 0.3) is 0 Å². The summed E-state index contributed by atoms with van der Waals surface area (Å²) >= 11 is 0. The van der Waals surface area contributed by atoms with Crippen molar-refractivity contribution < 1.29 is 9.13 Å². The number of hydrogen-bond donors (Lipinski definition) is 0. The van der Waals surface area contributed by atoms with Gasteiger partial charge in [-0.15, -0.1) is 0 Å². The van der Waals surface area contributed by atoms with Crippen molar-refractivity contribution in [3.8, 4) is 5.75 Å². The summed E-state index contributed by atoms with van der Waals surface area (Å²) in [6, 6.07) is 11.1.